The zero-order valence-corrected chi connectivity index (χ0v) is 12.1. The van der Waals surface area contributed by atoms with Crippen LogP contribution in [0.15, 0.2) is 40.8 Å². The van der Waals surface area contributed by atoms with E-state index in [-0.39, 0.29) is 12.2 Å². The van der Waals surface area contributed by atoms with E-state index < -0.39 is 18.4 Å². The molecule has 1 atom stereocenters. The molecule has 2 N–H and O–H groups in total. The van der Waals surface area contributed by atoms with Crippen molar-refractivity contribution in [2.75, 3.05) is 7.11 Å². The van der Waals surface area contributed by atoms with E-state index in [4.69, 9.17) is 10.2 Å². The number of ether oxygens (including phenoxy) is 2. The molecule has 0 bridgehead atoms. The first kappa shape index (κ1) is 16.9. The molecule has 124 valence electrons. The van der Waals surface area contributed by atoms with Crippen LogP contribution in [0.25, 0.3) is 11.3 Å². The summed E-state index contributed by atoms with van der Waals surface area (Å²) in [7, 11) is 1.24. The Morgan fingerprint density at radius 1 is 1.22 bits per heavy atom. The van der Waals surface area contributed by atoms with Gasteiger partial charge >= 0.3 is 12.3 Å². The maximum Gasteiger partial charge on any atom is 0.573 e. The van der Waals surface area contributed by atoms with Gasteiger partial charge in [-0.15, -0.1) is 13.2 Å². The van der Waals surface area contributed by atoms with E-state index in [1.807, 2.05) is 0 Å². The fourth-order valence-electron chi connectivity index (χ4n) is 1.92. The molecular weight excluding hydrogens is 315 g/mol. The molecule has 0 aliphatic heterocycles. The van der Waals surface area contributed by atoms with Crippen LogP contribution in [0.3, 0.4) is 0 Å². The number of furan rings is 1. The van der Waals surface area contributed by atoms with Crippen LogP contribution in [-0.2, 0) is 16.0 Å². The molecule has 2 rings (SSSR count). The van der Waals surface area contributed by atoms with Crippen LogP contribution < -0.4 is 10.5 Å². The summed E-state index contributed by atoms with van der Waals surface area (Å²) in [6.07, 6.45) is -4.58. The minimum Gasteiger partial charge on any atom is -0.468 e. The van der Waals surface area contributed by atoms with Crippen molar-refractivity contribution in [2.45, 2.75) is 18.8 Å². The first-order valence-electron chi connectivity index (χ1n) is 6.57. The van der Waals surface area contributed by atoms with Crippen molar-refractivity contribution in [3.05, 3.63) is 42.2 Å². The first-order valence-corrected chi connectivity index (χ1v) is 6.57. The predicted molar refractivity (Wildman–Crippen MR) is 74.5 cm³/mol. The van der Waals surface area contributed by atoms with E-state index in [0.29, 0.717) is 17.1 Å². The number of halogens is 3. The Balaban J connectivity index is 2.07. The molecule has 8 heteroatoms. The van der Waals surface area contributed by atoms with Crippen LogP contribution in [0.2, 0.25) is 0 Å². The van der Waals surface area contributed by atoms with Gasteiger partial charge < -0.3 is 19.6 Å². The topological polar surface area (TPSA) is 74.7 Å². The van der Waals surface area contributed by atoms with Crippen LogP contribution in [0.4, 0.5) is 13.2 Å². The van der Waals surface area contributed by atoms with Crippen LogP contribution in [0.5, 0.6) is 5.75 Å². The molecule has 0 saturated heterocycles. The Labute approximate surface area is 129 Å². The normalized spacial score (nSPS) is 12.7. The second-order valence-corrected chi connectivity index (χ2v) is 4.67. The number of carbonyl (C=O) groups is 1. The molecule has 1 unspecified atom stereocenters. The van der Waals surface area contributed by atoms with E-state index in [0.717, 1.165) is 0 Å². The number of carbonyl (C=O) groups excluding carboxylic acids is 1. The zero-order valence-electron chi connectivity index (χ0n) is 12.1. The van der Waals surface area contributed by atoms with Crippen molar-refractivity contribution in [3.8, 4) is 17.1 Å². The monoisotopic (exact) mass is 329 g/mol. The first-order chi connectivity index (χ1) is 10.8. The summed E-state index contributed by atoms with van der Waals surface area (Å²) in [6, 6.07) is 7.67. The highest BCUT2D eigenvalue weighted by molar-refractivity contribution is 5.75. The van der Waals surface area contributed by atoms with Gasteiger partial charge in [0.2, 0.25) is 0 Å². The molecule has 23 heavy (non-hydrogen) atoms. The largest absolute Gasteiger partial charge is 0.573 e. The number of alkyl halides is 3. The third kappa shape index (κ3) is 4.75. The van der Waals surface area contributed by atoms with E-state index in [2.05, 4.69) is 9.47 Å². The minimum absolute atomic E-state index is 0.155. The van der Waals surface area contributed by atoms with Gasteiger partial charge in [-0.2, -0.15) is 0 Å². The fraction of sp³-hybridized carbons (Fsp3) is 0.267. The number of hydrogen-bond acceptors (Lipinski definition) is 5. The maximum absolute atomic E-state index is 12.1. The Bertz CT molecular complexity index is 664. The maximum atomic E-state index is 12.1. The van der Waals surface area contributed by atoms with Gasteiger partial charge in [-0.05, 0) is 36.4 Å². The van der Waals surface area contributed by atoms with Crippen molar-refractivity contribution in [3.63, 3.8) is 0 Å². The summed E-state index contributed by atoms with van der Waals surface area (Å²) in [5.41, 5.74) is 6.20. The molecule has 0 fully saturated rings. The lowest BCUT2D eigenvalue weighted by Crippen LogP contribution is -2.33. The second-order valence-electron chi connectivity index (χ2n) is 4.67. The third-order valence-electron chi connectivity index (χ3n) is 2.96. The molecule has 1 aromatic carbocycles. The highest BCUT2D eigenvalue weighted by atomic mass is 19.4. The second kappa shape index (κ2) is 6.74. The molecular formula is C15H14F3NO4. The molecule has 2 aromatic rings. The van der Waals surface area contributed by atoms with Crippen molar-refractivity contribution in [2.24, 2.45) is 5.73 Å². The molecule has 5 nitrogen and oxygen atoms in total. The summed E-state index contributed by atoms with van der Waals surface area (Å²) in [5.74, 6) is 0.0292. The quantitative estimate of drug-likeness (QED) is 0.854. The van der Waals surface area contributed by atoms with Crippen molar-refractivity contribution >= 4 is 5.97 Å². The average molecular weight is 329 g/mol. The van der Waals surface area contributed by atoms with Gasteiger partial charge in [-0.3, -0.25) is 4.79 Å². The molecule has 0 aliphatic carbocycles. The highest BCUT2D eigenvalue weighted by Gasteiger charge is 2.31. The van der Waals surface area contributed by atoms with Gasteiger partial charge in [-0.1, -0.05) is 0 Å². The van der Waals surface area contributed by atoms with E-state index in [9.17, 15) is 18.0 Å². The molecule has 0 radical (unpaired) electrons. The van der Waals surface area contributed by atoms with Gasteiger partial charge in [0.05, 0.1) is 7.11 Å². The number of nitrogens with two attached hydrogens (primary N) is 1. The van der Waals surface area contributed by atoms with Gasteiger partial charge in [0.1, 0.15) is 23.3 Å². The zero-order chi connectivity index (χ0) is 17.0. The lowest BCUT2D eigenvalue weighted by atomic mass is 10.1. The van der Waals surface area contributed by atoms with E-state index in [1.54, 1.807) is 12.1 Å². The number of methoxy groups -OCH3 is 1. The highest BCUT2D eigenvalue weighted by Crippen LogP contribution is 2.27. The lowest BCUT2D eigenvalue weighted by Gasteiger charge is -2.08. The summed E-state index contributed by atoms with van der Waals surface area (Å²) in [6.45, 7) is 0. The van der Waals surface area contributed by atoms with Crippen molar-refractivity contribution in [1.29, 1.82) is 0 Å². The van der Waals surface area contributed by atoms with E-state index >= 15 is 0 Å². The Morgan fingerprint density at radius 3 is 2.43 bits per heavy atom. The van der Waals surface area contributed by atoms with Crippen LogP contribution >= 0.6 is 0 Å². The fourth-order valence-corrected chi connectivity index (χ4v) is 1.92. The third-order valence-corrected chi connectivity index (χ3v) is 2.96. The molecule has 0 saturated carbocycles. The number of benzene rings is 1. The average Bonchev–Trinajstić information content (AvgIpc) is 2.94. The predicted octanol–water partition coefficient (Wildman–Crippen LogP) is 2.89. The molecule has 1 aromatic heterocycles. The van der Waals surface area contributed by atoms with Crippen molar-refractivity contribution in [1.82, 2.24) is 0 Å². The molecule has 0 amide bonds. The van der Waals surface area contributed by atoms with Gasteiger partial charge in [0.15, 0.2) is 0 Å². The molecule has 0 aliphatic rings. The summed E-state index contributed by atoms with van der Waals surface area (Å²) in [5, 5.41) is 0. The summed E-state index contributed by atoms with van der Waals surface area (Å²) < 4.78 is 50.1. The molecule has 0 spiro atoms. The Kier molecular flexibility index (Phi) is 4.95. The number of hydrogen-bond donors (Lipinski definition) is 1. The Hall–Kier alpha value is -2.48. The van der Waals surface area contributed by atoms with Crippen LogP contribution in [0, 0.1) is 0 Å². The van der Waals surface area contributed by atoms with Gasteiger partial charge in [0, 0.05) is 12.0 Å². The Morgan fingerprint density at radius 2 is 1.87 bits per heavy atom. The molecule has 1 heterocycles. The van der Waals surface area contributed by atoms with Gasteiger partial charge in [0.25, 0.3) is 0 Å². The minimum atomic E-state index is -4.73. The SMILES string of the molecule is COC(=O)C(N)Cc1ccc(-c2ccc(OC(F)(F)F)cc2)o1. The lowest BCUT2D eigenvalue weighted by molar-refractivity contribution is -0.274. The van der Waals surface area contributed by atoms with Gasteiger partial charge in [-0.25, -0.2) is 0 Å². The smallest absolute Gasteiger partial charge is 0.468 e. The summed E-state index contributed by atoms with van der Waals surface area (Å²) >= 11 is 0. The van der Waals surface area contributed by atoms with Crippen LogP contribution in [0.1, 0.15) is 5.76 Å². The van der Waals surface area contributed by atoms with Crippen molar-refractivity contribution < 1.29 is 31.9 Å². The van der Waals surface area contributed by atoms with Crippen LogP contribution in [-0.4, -0.2) is 25.5 Å². The number of esters is 1. The number of rotatable bonds is 5. The summed E-state index contributed by atoms with van der Waals surface area (Å²) in [4.78, 5) is 11.2. The standard InChI is InChI=1S/C15H14F3NO4/c1-21-14(20)12(19)8-11-6-7-13(22-11)9-2-4-10(5-3-9)23-15(16,17)18/h2-7,12H,8,19H2,1H3. The van der Waals surface area contributed by atoms with E-state index in [1.165, 1.54) is 31.4 Å².